The first-order chi connectivity index (χ1) is 6.86. The van der Waals surface area contributed by atoms with Crippen LogP contribution in [0.25, 0.3) is 10.8 Å². The number of aldehydes is 1. The van der Waals surface area contributed by atoms with E-state index in [-0.39, 0.29) is 0 Å². The quantitative estimate of drug-likeness (QED) is 0.728. The molecule has 2 rings (SSSR count). The van der Waals surface area contributed by atoms with Crippen LogP contribution in [0.15, 0.2) is 36.4 Å². The van der Waals surface area contributed by atoms with Gasteiger partial charge >= 0.3 is 0 Å². The molecule has 0 bridgehead atoms. The lowest BCUT2D eigenvalue weighted by molar-refractivity contribution is 0.112. The van der Waals surface area contributed by atoms with Gasteiger partial charge in [0.2, 0.25) is 0 Å². The van der Waals surface area contributed by atoms with E-state index in [2.05, 4.69) is 0 Å². The van der Waals surface area contributed by atoms with Crippen LogP contribution in [-0.2, 0) is 6.54 Å². The molecule has 2 N–H and O–H groups in total. The molecule has 0 aliphatic heterocycles. The molecule has 0 spiro atoms. The molecule has 0 heterocycles. The van der Waals surface area contributed by atoms with E-state index in [0.717, 1.165) is 28.2 Å². The molecule has 0 saturated heterocycles. The summed E-state index contributed by atoms with van der Waals surface area (Å²) in [5.41, 5.74) is 7.41. The number of benzene rings is 2. The van der Waals surface area contributed by atoms with Gasteiger partial charge in [0.05, 0.1) is 0 Å². The van der Waals surface area contributed by atoms with Crippen LogP contribution in [0.5, 0.6) is 0 Å². The summed E-state index contributed by atoms with van der Waals surface area (Å²) in [6.45, 7) is 0.500. The molecule has 0 saturated carbocycles. The van der Waals surface area contributed by atoms with Gasteiger partial charge in [-0.1, -0.05) is 36.4 Å². The number of nitrogens with two attached hydrogens (primary N) is 1. The Hall–Kier alpha value is -1.67. The molecule has 2 nitrogen and oxygen atoms in total. The number of carbonyl (C=O) groups is 1. The Morgan fingerprint density at radius 3 is 2.43 bits per heavy atom. The standard InChI is InChI=1S/C12H11NO/c13-7-9-5-6-10(8-14)12-4-2-1-3-11(9)12/h1-6,8H,7,13H2. The van der Waals surface area contributed by atoms with E-state index in [4.69, 9.17) is 5.73 Å². The Morgan fingerprint density at radius 2 is 1.79 bits per heavy atom. The Bertz CT molecular complexity index is 477. The van der Waals surface area contributed by atoms with Gasteiger partial charge in [0, 0.05) is 12.1 Å². The van der Waals surface area contributed by atoms with E-state index in [0.29, 0.717) is 6.54 Å². The average Bonchev–Trinajstić information content (AvgIpc) is 2.27. The van der Waals surface area contributed by atoms with Gasteiger partial charge in [-0.05, 0) is 16.3 Å². The summed E-state index contributed by atoms with van der Waals surface area (Å²) < 4.78 is 0. The maximum absolute atomic E-state index is 10.8. The van der Waals surface area contributed by atoms with Gasteiger partial charge < -0.3 is 5.73 Å². The molecule has 0 aliphatic rings. The molecule has 0 aromatic heterocycles. The maximum atomic E-state index is 10.8. The molecular formula is C12H11NO. The second-order valence-corrected chi connectivity index (χ2v) is 3.18. The number of fused-ring (bicyclic) bond motifs is 1. The average molecular weight is 185 g/mol. The molecular weight excluding hydrogens is 174 g/mol. The van der Waals surface area contributed by atoms with Crippen molar-refractivity contribution in [2.45, 2.75) is 6.54 Å². The molecule has 0 fully saturated rings. The monoisotopic (exact) mass is 185 g/mol. The highest BCUT2D eigenvalue weighted by Gasteiger charge is 2.02. The van der Waals surface area contributed by atoms with Gasteiger partial charge in [0.1, 0.15) is 0 Å². The van der Waals surface area contributed by atoms with E-state index in [1.54, 1.807) is 0 Å². The highest BCUT2D eigenvalue weighted by atomic mass is 16.1. The third kappa shape index (κ3) is 1.30. The molecule has 70 valence electrons. The summed E-state index contributed by atoms with van der Waals surface area (Å²) in [5, 5.41) is 2.05. The van der Waals surface area contributed by atoms with E-state index in [1.807, 2.05) is 36.4 Å². The van der Waals surface area contributed by atoms with Crippen molar-refractivity contribution in [3.05, 3.63) is 47.5 Å². The molecule has 2 aromatic carbocycles. The zero-order chi connectivity index (χ0) is 9.97. The van der Waals surface area contributed by atoms with Crippen LogP contribution in [0.4, 0.5) is 0 Å². The van der Waals surface area contributed by atoms with Crippen LogP contribution in [0.1, 0.15) is 15.9 Å². The zero-order valence-electron chi connectivity index (χ0n) is 7.73. The second kappa shape index (κ2) is 3.60. The molecule has 0 atom stereocenters. The normalized spacial score (nSPS) is 10.4. The number of hydrogen-bond donors (Lipinski definition) is 1. The summed E-state index contributed by atoms with van der Waals surface area (Å²) in [5.74, 6) is 0. The number of rotatable bonds is 2. The zero-order valence-corrected chi connectivity index (χ0v) is 7.73. The first-order valence-corrected chi connectivity index (χ1v) is 4.52. The van der Waals surface area contributed by atoms with E-state index < -0.39 is 0 Å². The lowest BCUT2D eigenvalue weighted by atomic mass is 10.0. The van der Waals surface area contributed by atoms with Gasteiger partial charge in [0.25, 0.3) is 0 Å². The van der Waals surface area contributed by atoms with E-state index in [1.165, 1.54) is 0 Å². The van der Waals surface area contributed by atoms with Crippen LogP contribution >= 0.6 is 0 Å². The van der Waals surface area contributed by atoms with Gasteiger partial charge in [-0.3, -0.25) is 4.79 Å². The van der Waals surface area contributed by atoms with Gasteiger partial charge in [-0.15, -0.1) is 0 Å². The molecule has 14 heavy (non-hydrogen) atoms. The minimum Gasteiger partial charge on any atom is -0.326 e. The highest BCUT2D eigenvalue weighted by molar-refractivity contribution is 5.99. The molecule has 2 heteroatoms. The number of hydrogen-bond acceptors (Lipinski definition) is 2. The third-order valence-electron chi connectivity index (χ3n) is 2.39. The summed E-state index contributed by atoms with van der Waals surface area (Å²) >= 11 is 0. The minimum atomic E-state index is 0.500. The van der Waals surface area contributed by atoms with Crippen molar-refractivity contribution in [1.82, 2.24) is 0 Å². The van der Waals surface area contributed by atoms with E-state index >= 15 is 0 Å². The van der Waals surface area contributed by atoms with Crippen LogP contribution in [0.3, 0.4) is 0 Å². The Kier molecular flexibility index (Phi) is 2.29. The van der Waals surface area contributed by atoms with Gasteiger partial charge in [-0.25, -0.2) is 0 Å². The molecule has 0 radical (unpaired) electrons. The molecule has 0 amide bonds. The topological polar surface area (TPSA) is 43.1 Å². The lowest BCUT2D eigenvalue weighted by Crippen LogP contribution is -1.98. The van der Waals surface area contributed by atoms with Crippen molar-refractivity contribution in [3.63, 3.8) is 0 Å². The third-order valence-corrected chi connectivity index (χ3v) is 2.39. The predicted molar refractivity (Wildman–Crippen MR) is 57.2 cm³/mol. The highest BCUT2D eigenvalue weighted by Crippen LogP contribution is 2.21. The van der Waals surface area contributed by atoms with Crippen molar-refractivity contribution < 1.29 is 4.79 Å². The lowest BCUT2D eigenvalue weighted by Gasteiger charge is -2.05. The minimum absolute atomic E-state index is 0.500. The summed E-state index contributed by atoms with van der Waals surface area (Å²) in [6.07, 6.45) is 0.878. The molecule has 0 unspecified atom stereocenters. The van der Waals surface area contributed by atoms with E-state index in [9.17, 15) is 4.79 Å². The smallest absolute Gasteiger partial charge is 0.150 e. The summed E-state index contributed by atoms with van der Waals surface area (Å²) in [6, 6.07) is 11.5. The van der Waals surface area contributed by atoms with Gasteiger partial charge in [0.15, 0.2) is 6.29 Å². The number of carbonyl (C=O) groups excluding carboxylic acids is 1. The van der Waals surface area contributed by atoms with Crippen LogP contribution in [0, 0.1) is 0 Å². The Labute approximate surface area is 82.3 Å². The van der Waals surface area contributed by atoms with Crippen molar-refractivity contribution >= 4 is 17.1 Å². The first-order valence-electron chi connectivity index (χ1n) is 4.52. The van der Waals surface area contributed by atoms with Crippen LogP contribution in [-0.4, -0.2) is 6.29 Å². The Balaban J connectivity index is 2.84. The van der Waals surface area contributed by atoms with Gasteiger partial charge in [-0.2, -0.15) is 0 Å². The fourth-order valence-corrected chi connectivity index (χ4v) is 1.67. The molecule has 2 aromatic rings. The maximum Gasteiger partial charge on any atom is 0.150 e. The predicted octanol–water partition coefficient (Wildman–Crippen LogP) is 2.11. The van der Waals surface area contributed by atoms with Crippen molar-refractivity contribution in [2.24, 2.45) is 5.73 Å². The van der Waals surface area contributed by atoms with Crippen molar-refractivity contribution in [1.29, 1.82) is 0 Å². The molecule has 0 aliphatic carbocycles. The van der Waals surface area contributed by atoms with Crippen LogP contribution in [0.2, 0.25) is 0 Å². The fraction of sp³-hybridized carbons (Fsp3) is 0.0833. The SMILES string of the molecule is NCc1ccc(C=O)c2ccccc12. The fourth-order valence-electron chi connectivity index (χ4n) is 1.67. The summed E-state index contributed by atoms with van der Waals surface area (Å²) in [7, 11) is 0. The summed E-state index contributed by atoms with van der Waals surface area (Å²) in [4.78, 5) is 10.8. The van der Waals surface area contributed by atoms with Crippen LogP contribution < -0.4 is 5.73 Å². The first kappa shape index (κ1) is 8.91. The van der Waals surface area contributed by atoms with Crippen molar-refractivity contribution in [2.75, 3.05) is 0 Å². The Morgan fingerprint density at radius 1 is 1.07 bits per heavy atom. The second-order valence-electron chi connectivity index (χ2n) is 3.18. The van der Waals surface area contributed by atoms with Crippen molar-refractivity contribution in [3.8, 4) is 0 Å². The largest absolute Gasteiger partial charge is 0.326 e.